The number of methoxy groups -OCH3 is 1. The van der Waals surface area contributed by atoms with Crippen molar-refractivity contribution in [2.75, 3.05) is 25.6 Å². The summed E-state index contributed by atoms with van der Waals surface area (Å²) in [5, 5.41) is 3.15. The Kier molecular flexibility index (Phi) is 4.37. The van der Waals surface area contributed by atoms with E-state index in [0.717, 1.165) is 24.8 Å². The summed E-state index contributed by atoms with van der Waals surface area (Å²) in [5.74, 6) is 1.13. The number of fused-ring (bicyclic) bond motifs is 1. The number of anilines is 1. The lowest BCUT2D eigenvalue weighted by Gasteiger charge is -2.14. The lowest BCUT2D eigenvalue weighted by atomic mass is 9.97. The van der Waals surface area contributed by atoms with E-state index in [1.807, 2.05) is 18.2 Å². The first-order valence-corrected chi connectivity index (χ1v) is 7.27. The van der Waals surface area contributed by atoms with Gasteiger partial charge in [0.05, 0.1) is 19.9 Å². The van der Waals surface area contributed by atoms with Crippen LogP contribution in [0.25, 0.3) is 0 Å². The Labute approximate surface area is 128 Å². The van der Waals surface area contributed by atoms with Gasteiger partial charge in [-0.1, -0.05) is 18.2 Å². The minimum Gasteiger partial charge on any atom is -0.493 e. The van der Waals surface area contributed by atoms with Crippen LogP contribution >= 0.6 is 0 Å². The van der Waals surface area contributed by atoms with E-state index in [-0.39, 0.29) is 5.88 Å². The predicted molar refractivity (Wildman–Crippen MR) is 80.8 cm³/mol. The summed E-state index contributed by atoms with van der Waals surface area (Å²) >= 11 is 0. The molecule has 22 heavy (non-hydrogen) atoms. The van der Waals surface area contributed by atoms with Crippen LogP contribution in [0.1, 0.15) is 12.0 Å². The molecule has 0 bridgehead atoms. The number of halogens is 1. The van der Waals surface area contributed by atoms with Crippen LogP contribution in [-0.2, 0) is 6.42 Å². The number of nitrogens with zero attached hydrogens (tertiary/aromatic N) is 2. The predicted octanol–water partition coefficient (Wildman–Crippen LogP) is 2.68. The Bertz CT molecular complexity index is 651. The van der Waals surface area contributed by atoms with Gasteiger partial charge in [0.15, 0.2) is 0 Å². The van der Waals surface area contributed by atoms with Crippen LogP contribution in [-0.4, -0.2) is 30.2 Å². The molecule has 0 aliphatic carbocycles. The number of para-hydroxylation sites is 1. The number of rotatable bonds is 4. The van der Waals surface area contributed by atoms with E-state index in [9.17, 15) is 4.39 Å². The van der Waals surface area contributed by atoms with Gasteiger partial charge in [0, 0.05) is 6.54 Å². The second kappa shape index (κ2) is 6.60. The van der Waals surface area contributed by atoms with E-state index in [4.69, 9.17) is 9.47 Å². The second-order valence-electron chi connectivity index (χ2n) is 5.25. The fourth-order valence-electron chi connectivity index (χ4n) is 2.55. The van der Waals surface area contributed by atoms with Crippen molar-refractivity contribution in [1.82, 2.24) is 9.97 Å². The number of aromatic nitrogens is 2. The number of ether oxygens (including phenoxy) is 2. The van der Waals surface area contributed by atoms with E-state index >= 15 is 0 Å². The van der Waals surface area contributed by atoms with Crippen LogP contribution in [0.15, 0.2) is 30.5 Å². The van der Waals surface area contributed by atoms with Crippen molar-refractivity contribution in [3.63, 3.8) is 0 Å². The van der Waals surface area contributed by atoms with Gasteiger partial charge in [0.25, 0.3) is 5.88 Å². The summed E-state index contributed by atoms with van der Waals surface area (Å²) in [4.78, 5) is 7.92. The fourth-order valence-corrected chi connectivity index (χ4v) is 2.55. The molecule has 0 saturated heterocycles. The Morgan fingerprint density at radius 3 is 3.14 bits per heavy atom. The molecule has 1 N–H and O–H groups in total. The number of benzene rings is 1. The molecule has 5 nitrogen and oxygen atoms in total. The molecular weight excluding hydrogens is 285 g/mol. The average molecular weight is 303 g/mol. The van der Waals surface area contributed by atoms with E-state index in [1.54, 1.807) is 0 Å². The van der Waals surface area contributed by atoms with Gasteiger partial charge in [0.1, 0.15) is 5.75 Å². The van der Waals surface area contributed by atoms with E-state index in [2.05, 4.69) is 21.4 Å². The molecule has 1 aromatic heterocycles. The smallest absolute Gasteiger partial charge is 0.255 e. The summed E-state index contributed by atoms with van der Waals surface area (Å²) in [6, 6.07) is 8.09. The third-order valence-corrected chi connectivity index (χ3v) is 3.72. The molecule has 2 heterocycles. The molecule has 2 aromatic rings. The van der Waals surface area contributed by atoms with Gasteiger partial charge in [-0.15, -0.1) is 0 Å². The zero-order chi connectivity index (χ0) is 15.4. The standard InChI is InChI=1S/C16H18FN3O2/c1-21-15-13(17)10-19-16(20-15)18-9-11-6-7-22-14-5-3-2-4-12(14)8-11/h2-5,10-11H,6-9H2,1H3,(H,18,19,20)/t11-/m0/s1. The maximum Gasteiger partial charge on any atom is 0.255 e. The molecular formula is C16H18FN3O2. The molecule has 0 spiro atoms. The lowest BCUT2D eigenvalue weighted by Crippen LogP contribution is -2.18. The Hall–Kier alpha value is -2.37. The van der Waals surface area contributed by atoms with Gasteiger partial charge in [-0.3, -0.25) is 0 Å². The number of nitrogens with one attached hydrogen (secondary N) is 1. The van der Waals surface area contributed by atoms with E-state index < -0.39 is 5.82 Å². The highest BCUT2D eigenvalue weighted by atomic mass is 19.1. The second-order valence-corrected chi connectivity index (χ2v) is 5.25. The maximum absolute atomic E-state index is 13.3. The summed E-state index contributed by atoms with van der Waals surface area (Å²) in [6.07, 6.45) is 2.99. The van der Waals surface area contributed by atoms with Crippen molar-refractivity contribution < 1.29 is 13.9 Å². The van der Waals surface area contributed by atoms with E-state index in [0.29, 0.717) is 25.0 Å². The van der Waals surface area contributed by atoms with Crippen LogP contribution in [0.4, 0.5) is 10.3 Å². The van der Waals surface area contributed by atoms with Gasteiger partial charge in [-0.2, -0.15) is 9.37 Å². The molecule has 0 unspecified atom stereocenters. The molecule has 0 radical (unpaired) electrons. The largest absolute Gasteiger partial charge is 0.493 e. The molecule has 1 aliphatic heterocycles. The molecule has 1 aromatic carbocycles. The highest BCUT2D eigenvalue weighted by molar-refractivity contribution is 5.35. The Morgan fingerprint density at radius 1 is 1.41 bits per heavy atom. The first-order valence-electron chi connectivity index (χ1n) is 7.27. The zero-order valence-electron chi connectivity index (χ0n) is 12.4. The van der Waals surface area contributed by atoms with Crippen molar-refractivity contribution in [2.24, 2.45) is 5.92 Å². The summed E-state index contributed by atoms with van der Waals surface area (Å²) in [5.41, 5.74) is 1.21. The highest BCUT2D eigenvalue weighted by Crippen LogP contribution is 2.26. The number of hydrogen-bond donors (Lipinski definition) is 1. The quantitative estimate of drug-likeness (QED) is 0.941. The van der Waals surface area contributed by atoms with Crippen molar-refractivity contribution in [2.45, 2.75) is 12.8 Å². The maximum atomic E-state index is 13.3. The molecule has 0 fully saturated rings. The Morgan fingerprint density at radius 2 is 2.27 bits per heavy atom. The third kappa shape index (κ3) is 3.27. The monoisotopic (exact) mass is 303 g/mol. The first-order chi connectivity index (χ1) is 10.8. The van der Waals surface area contributed by atoms with Crippen molar-refractivity contribution in [3.8, 4) is 11.6 Å². The molecule has 1 aliphatic rings. The van der Waals surface area contributed by atoms with Crippen molar-refractivity contribution in [1.29, 1.82) is 0 Å². The minimum atomic E-state index is -0.565. The normalized spacial score (nSPS) is 17.1. The van der Waals surface area contributed by atoms with Gasteiger partial charge in [0.2, 0.25) is 11.8 Å². The lowest BCUT2D eigenvalue weighted by molar-refractivity contribution is 0.298. The summed E-state index contributed by atoms with van der Waals surface area (Å²) in [7, 11) is 1.38. The first kappa shape index (κ1) is 14.6. The van der Waals surface area contributed by atoms with Crippen LogP contribution in [0.3, 0.4) is 0 Å². The summed E-state index contributed by atoms with van der Waals surface area (Å²) in [6.45, 7) is 1.39. The van der Waals surface area contributed by atoms with Crippen molar-refractivity contribution in [3.05, 3.63) is 41.8 Å². The molecule has 1 atom stereocenters. The van der Waals surface area contributed by atoms with Crippen molar-refractivity contribution >= 4 is 5.95 Å². The summed E-state index contributed by atoms with van der Waals surface area (Å²) < 4.78 is 23.9. The van der Waals surface area contributed by atoms with Crippen LogP contribution in [0, 0.1) is 11.7 Å². The van der Waals surface area contributed by atoms with Crippen LogP contribution in [0.2, 0.25) is 0 Å². The van der Waals surface area contributed by atoms with Gasteiger partial charge >= 0.3 is 0 Å². The molecule has 116 valence electrons. The van der Waals surface area contributed by atoms with Crippen LogP contribution in [0.5, 0.6) is 11.6 Å². The highest BCUT2D eigenvalue weighted by Gasteiger charge is 2.17. The molecule has 6 heteroatoms. The number of hydrogen-bond acceptors (Lipinski definition) is 5. The SMILES string of the molecule is COc1nc(NC[C@H]2CCOc3ccccc3C2)ncc1F. The average Bonchev–Trinajstić information content (AvgIpc) is 2.76. The topological polar surface area (TPSA) is 56.3 Å². The fraction of sp³-hybridized carbons (Fsp3) is 0.375. The van der Waals surface area contributed by atoms with Gasteiger partial charge in [-0.25, -0.2) is 4.98 Å². The van der Waals surface area contributed by atoms with Crippen LogP contribution < -0.4 is 14.8 Å². The molecule has 0 amide bonds. The third-order valence-electron chi connectivity index (χ3n) is 3.72. The Balaban J connectivity index is 1.64. The molecule has 0 saturated carbocycles. The minimum absolute atomic E-state index is 0.0490. The van der Waals surface area contributed by atoms with Gasteiger partial charge in [-0.05, 0) is 30.4 Å². The van der Waals surface area contributed by atoms with Gasteiger partial charge < -0.3 is 14.8 Å². The zero-order valence-corrected chi connectivity index (χ0v) is 12.4. The molecule has 3 rings (SSSR count). The van der Waals surface area contributed by atoms with E-state index in [1.165, 1.54) is 12.7 Å².